The fourth-order valence-corrected chi connectivity index (χ4v) is 2.34. The Morgan fingerprint density at radius 1 is 1.04 bits per heavy atom. The lowest BCUT2D eigenvalue weighted by molar-refractivity contribution is -0.118. The van der Waals surface area contributed by atoms with Crippen LogP contribution in [-0.4, -0.2) is 28.4 Å². The number of hydrogen-bond donors (Lipinski definition) is 4. The van der Waals surface area contributed by atoms with E-state index in [1.165, 1.54) is 6.92 Å². The fourth-order valence-electron chi connectivity index (χ4n) is 2.34. The summed E-state index contributed by atoms with van der Waals surface area (Å²) in [7, 11) is 0. The van der Waals surface area contributed by atoms with E-state index in [4.69, 9.17) is 4.74 Å². The average molecular weight is 340 g/mol. The number of aromatic nitrogens is 2. The number of ether oxygens (including phenoxy) is 1. The first-order valence-corrected chi connectivity index (χ1v) is 7.52. The number of benzene rings is 2. The zero-order valence-corrected chi connectivity index (χ0v) is 13.4. The Morgan fingerprint density at radius 3 is 2.60 bits per heavy atom. The molecule has 4 N–H and O–H groups in total. The molecule has 0 bridgehead atoms. The van der Waals surface area contributed by atoms with Gasteiger partial charge >= 0.3 is 5.69 Å². The largest absolute Gasteiger partial charge is 0.482 e. The number of H-pyrrole nitrogens is 2. The predicted octanol–water partition coefficient (Wildman–Crippen LogP) is 1.83. The Hall–Kier alpha value is -3.55. The van der Waals surface area contributed by atoms with E-state index < -0.39 is 0 Å². The van der Waals surface area contributed by atoms with Crippen molar-refractivity contribution >= 4 is 34.2 Å². The molecule has 128 valence electrons. The van der Waals surface area contributed by atoms with Crippen molar-refractivity contribution in [1.82, 2.24) is 9.97 Å². The van der Waals surface area contributed by atoms with Crippen LogP contribution in [-0.2, 0) is 9.59 Å². The molecule has 1 heterocycles. The summed E-state index contributed by atoms with van der Waals surface area (Å²) < 4.78 is 5.47. The summed E-state index contributed by atoms with van der Waals surface area (Å²) in [5.74, 6) is -0.192. The van der Waals surface area contributed by atoms with Crippen LogP contribution in [0.25, 0.3) is 11.0 Å². The molecule has 3 rings (SSSR count). The van der Waals surface area contributed by atoms with E-state index in [-0.39, 0.29) is 24.1 Å². The van der Waals surface area contributed by atoms with Crippen LogP contribution in [0.3, 0.4) is 0 Å². The highest BCUT2D eigenvalue weighted by molar-refractivity contribution is 5.94. The molecule has 1 aromatic heterocycles. The normalized spacial score (nSPS) is 10.4. The molecule has 0 saturated heterocycles. The van der Waals surface area contributed by atoms with E-state index in [2.05, 4.69) is 20.6 Å². The number of para-hydroxylation sites is 2. The molecule has 0 saturated carbocycles. The fraction of sp³-hybridized carbons (Fsp3) is 0.118. The lowest BCUT2D eigenvalue weighted by Gasteiger charge is -2.11. The van der Waals surface area contributed by atoms with Gasteiger partial charge in [0, 0.05) is 12.6 Å². The van der Waals surface area contributed by atoms with Gasteiger partial charge in [-0.3, -0.25) is 9.59 Å². The van der Waals surface area contributed by atoms with E-state index in [0.717, 1.165) is 0 Å². The first kappa shape index (κ1) is 16.3. The first-order chi connectivity index (χ1) is 12.0. The Labute approximate surface area is 142 Å². The molecule has 8 heteroatoms. The minimum atomic E-state index is -0.366. The van der Waals surface area contributed by atoms with Crippen molar-refractivity contribution in [2.75, 3.05) is 17.2 Å². The summed E-state index contributed by atoms with van der Waals surface area (Å²) in [6.07, 6.45) is 0. The van der Waals surface area contributed by atoms with Gasteiger partial charge in [0.25, 0.3) is 5.91 Å². The molecule has 8 nitrogen and oxygen atoms in total. The highest BCUT2D eigenvalue weighted by atomic mass is 16.5. The second-order valence-corrected chi connectivity index (χ2v) is 5.35. The van der Waals surface area contributed by atoms with Gasteiger partial charge in [-0.25, -0.2) is 4.79 Å². The minimum absolute atomic E-state index is 0.224. The standard InChI is InChI=1S/C17H16N4O4/c1-10(22)18-13-4-2-3-5-15(13)25-9-16(23)19-11-6-7-12-14(8-11)21-17(24)20-12/h2-8H,9H2,1H3,(H,18,22)(H,19,23)(H2,20,21,24). The Balaban J connectivity index is 1.64. The predicted molar refractivity (Wildman–Crippen MR) is 93.8 cm³/mol. The molecule has 0 unspecified atom stereocenters. The number of carbonyl (C=O) groups is 2. The van der Waals surface area contributed by atoms with Gasteiger partial charge in [-0.15, -0.1) is 0 Å². The number of carbonyl (C=O) groups excluding carboxylic acids is 2. The maximum atomic E-state index is 12.1. The van der Waals surface area contributed by atoms with Crippen LogP contribution >= 0.6 is 0 Å². The maximum absolute atomic E-state index is 12.1. The second kappa shape index (κ2) is 6.91. The second-order valence-electron chi connectivity index (χ2n) is 5.35. The van der Waals surface area contributed by atoms with Gasteiger partial charge in [0.1, 0.15) is 5.75 Å². The van der Waals surface area contributed by atoms with E-state index in [9.17, 15) is 14.4 Å². The number of anilines is 2. The molecule has 3 aromatic rings. The van der Waals surface area contributed by atoms with Gasteiger partial charge in [0.2, 0.25) is 5.91 Å². The monoisotopic (exact) mass is 340 g/mol. The van der Waals surface area contributed by atoms with Crippen molar-refractivity contribution in [2.24, 2.45) is 0 Å². The number of fused-ring (bicyclic) bond motifs is 1. The SMILES string of the molecule is CC(=O)Nc1ccccc1OCC(=O)Nc1ccc2[nH]c(=O)[nH]c2c1. The van der Waals surface area contributed by atoms with Crippen LogP contribution in [0.15, 0.2) is 47.3 Å². The highest BCUT2D eigenvalue weighted by Gasteiger charge is 2.09. The average Bonchev–Trinajstić information content (AvgIpc) is 2.93. The number of nitrogens with one attached hydrogen (secondary N) is 4. The third-order valence-corrected chi connectivity index (χ3v) is 3.36. The number of hydrogen-bond acceptors (Lipinski definition) is 4. The van der Waals surface area contributed by atoms with E-state index in [1.807, 2.05) is 0 Å². The zero-order valence-electron chi connectivity index (χ0n) is 13.4. The summed E-state index contributed by atoms with van der Waals surface area (Å²) >= 11 is 0. The summed E-state index contributed by atoms with van der Waals surface area (Å²) in [4.78, 5) is 39.7. The van der Waals surface area contributed by atoms with Crippen LogP contribution in [0, 0.1) is 0 Å². The molecule has 2 aromatic carbocycles. The van der Waals surface area contributed by atoms with Crippen molar-refractivity contribution in [1.29, 1.82) is 0 Å². The van der Waals surface area contributed by atoms with Gasteiger partial charge in [-0.2, -0.15) is 0 Å². The molecule has 0 fully saturated rings. The first-order valence-electron chi connectivity index (χ1n) is 7.52. The summed E-state index contributed by atoms with van der Waals surface area (Å²) in [6, 6.07) is 11.9. The summed E-state index contributed by atoms with van der Waals surface area (Å²) in [5.41, 5.74) is 1.97. The van der Waals surface area contributed by atoms with Crippen LogP contribution in [0.5, 0.6) is 5.75 Å². The van der Waals surface area contributed by atoms with Crippen LogP contribution in [0.1, 0.15) is 6.92 Å². The molecular formula is C17H16N4O4. The molecule has 0 aliphatic heterocycles. The Kier molecular flexibility index (Phi) is 4.51. The Bertz CT molecular complexity index is 989. The number of amides is 2. The lowest BCUT2D eigenvalue weighted by atomic mass is 10.2. The van der Waals surface area contributed by atoms with Crippen molar-refractivity contribution in [3.05, 3.63) is 52.9 Å². The van der Waals surface area contributed by atoms with Gasteiger partial charge in [-0.1, -0.05) is 12.1 Å². The molecule has 0 atom stereocenters. The van der Waals surface area contributed by atoms with Gasteiger partial charge in [0.15, 0.2) is 6.61 Å². The topological polar surface area (TPSA) is 116 Å². The number of aromatic amines is 2. The van der Waals surface area contributed by atoms with E-state index in [1.54, 1.807) is 42.5 Å². The molecule has 0 aliphatic rings. The Morgan fingerprint density at radius 2 is 1.80 bits per heavy atom. The number of rotatable bonds is 5. The third kappa shape index (κ3) is 4.05. The number of imidazole rings is 1. The van der Waals surface area contributed by atoms with Crippen molar-refractivity contribution in [3.63, 3.8) is 0 Å². The van der Waals surface area contributed by atoms with Crippen molar-refractivity contribution in [2.45, 2.75) is 6.92 Å². The highest BCUT2D eigenvalue weighted by Crippen LogP contribution is 2.23. The zero-order chi connectivity index (χ0) is 17.8. The van der Waals surface area contributed by atoms with E-state index in [0.29, 0.717) is 28.2 Å². The van der Waals surface area contributed by atoms with Gasteiger partial charge in [0.05, 0.1) is 16.7 Å². The van der Waals surface area contributed by atoms with Crippen molar-refractivity contribution in [3.8, 4) is 5.75 Å². The van der Waals surface area contributed by atoms with Crippen LogP contribution in [0.2, 0.25) is 0 Å². The van der Waals surface area contributed by atoms with Crippen LogP contribution in [0.4, 0.5) is 11.4 Å². The quantitative estimate of drug-likeness (QED) is 0.567. The summed E-state index contributed by atoms with van der Waals surface area (Å²) in [6.45, 7) is 1.17. The molecule has 2 amide bonds. The lowest BCUT2D eigenvalue weighted by Crippen LogP contribution is -2.20. The molecule has 0 radical (unpaired) electrons. The van der Waals surface area contributed by atoms with E-state index >= 15 is 0 Å². The summed E-state index contributed by atoms with van der Waals surface area (Å²) in [5, 5.41) is 5.32. The molecule has 0 aliphatic carbocycles. The molecular weight excluding hydrogens is 324 g/mol. The van der Waals surface area contributed by atoms with Crippen LogP contribution < -0.4 is 21.1 Å². The van der Waals surface area contributed by atoms with Crippen molar-refractivity contribution < 1.29 is 14.3 Å². The maximum Gasteiger partial charge on any atom is 0.323 e. The third-order valence-electron chi connectivity index (χ3n) is 3.36. The molecule has 25 heavy (non-hydrogen) atoms. The van der Waals surface area contributed by atoms with Gasteiger partial charge < -0.3 is 25.3 Å². The smallest absolute Gasteiger partial charge is 0.323 e. The minimum Gasteiger partial charge on any atom is -0.482 e. The van der Waals surface area contributed by atoms with Gasteiger partial charge in [-0.05, 0) is 30.3 Å². The molecule has 0 spiro atoms.